The molecule has 1 aromatic carbocycles. The number of halogens is 4. The second-order valence-corrected chi connectivity index (χ2v) is 5.11. The average molecular weight is 323 g/mol. The van der Waals surface area contributed by atoms with Crippen LogP contribution in [0.1, 0.15) is 5.56 Å². The third-order valence-electron chi connectivity index (χ3n) is 2.39. The van der Waals surface area contributed by atoms with Gasteiger partial charge in [0.1, 0.15) is 5.15 Å². The summed E-state index contributed by atoms with van der Waals surface area (Å²) in [6.45, 7) is -0.146. The summed E-state index contributed by atoms with van der Waals surface area (Å²) in [6, 6.07) is 4.92. The zero-order valence-electron chi connectivity index (χ0n) is 8.92. The summed E-state index contributed by atoms with van der Waals surface area (Å²) in [5.74, 6) is 0. The molecule has 0 saturated carbocycles. The molecule has 0 aliphatic rings. The number of hydrogen-bond donors (Lipinski definition) is 1. The number of aliphatic hydroxyl groups is 1. The molecular weight excluding hydrogens is 316 g/mol. The number of pyridine rings is 1. The lowest BCUT2D eigenvalue weighted by Gasteiger charge is -2.11. The van der Waals surface area contributed by atoms with Gasteiger partial charge in [-0.3, -0.25) is 0 Å². The summed E-state index contributed by atoms with van der Waals surface area (Å²) in [7, 11) is 0. The molecule has 0 spiro atoms. The van der Waals surface area contributed by atoms with E-state index in [-0.39, 0.29) is 11.8 Å². The number of hydrogen-bond acceptors (Lipinski definition) is 2. The molecule has 1 aromatic heterocycles. The topological polar surface area (TPSA) is 33.1 Å². The van der Waals surface area contributed by atoms with Crippen LogP contribution in [0.15, 0.2) is 24.4 Å². The van der Waals surface area contributed by atoms with E-state index in [1.165, 1.54) is 6.20 Å². The van der Waals surface area contributed by atoms with E-state index >= 15 is 0 Å². The molecule has 18 heavy (non-hydrogen) atoms. The summed E-state index contributed by atoms with van der Waals surface area (Å²) in [5, 5.41) is 10.5. The highest BCUT2D eigenvalue weighted by molar-refractivity contribution is 6.46. The molecule has 0 aliphatic heterocycles. The predicted molar refractivity (Wildman–Crippen MR) is 75.6 cm³/mol. The Hall–Kier alpha value is -0.510. The quantitative estimate of drug-likeness (QED) is 0.633. The Balaban J connectivity index is 2.72. The maximum Gasteiger partial charge on any atom is 0.136 e. The average Bonchev–Trinajstić information content (AvgIpc) is 2.36. The van der Waals surface area contributed by atoms with Crippen molar-refractivity contribution in [2.75, 3.05) is 0 Å². The van der Waals surface area contributed by atoms with Gasteiger partial charge in [-0.15, -0.1) is 0 Å². The first-order valence-electron chi connectivity index (χ1n) is 4.93. The van der Waals surface area contributed by atoms with E-state index < -0.39 is 0 Å². The van der Waals surface area contributed by atoms with Crippen LogP contribution in [0.25, 0.3) is 11.1 Å². The molecule has 0 unspecified atom stereocenters. The summed E-state index contributed by atoms with van der Waals surface area (Å²) < 4.78 is 0. The van der Waals surface area contributed by atoms with E-state index in [2.05, 4.69) is 4.98 Å². The highest BCUT2D eigenvalue weighted by atomic mass is 35.5. The van der Waals surface area contributed by atoms with E-state index in [4.69, 9.17) is 51.5 Å². The summed E-state index contributed by atoms with van der Waals surface area (Å²) >= 11 is 24.2. The normalized spacial score (nSPS) is 10.7. The van der Waals surface area contributed by atoms with Crippen LogP contribution >= 0.6 is 46.4 Å². The standard InChI is InChI=1S/C12H7Cl4NO/c13-8-1-2-9(14)11(15)10(8)7-3-6(5-18)4-17-12(7)16/h1-4,18H,5H2. The first-order chi connectivity index (χ1) is 8.54. The Bertz CT molecular complexity index is 601. The molecular formula is C12H7Cl4NO. The van der Waals surface area contributed by atoms with Crippen molar-refractivity contribution in [1.29, 1.82) is 0 Å². The van der Waals surface area contributed by atoms with Crippen LogP contribution in [0.5, 0.6) is 0 Å². The van der Waals surface area contributed by atoms with Crippen molar-refractivity contribution in [2.24, 2.45) is 0 Å². The van der Waals surface area contributed by atoms with E-state index in [9.17, 15) is 0 Å². The third kappa shape index (κ3) is 2.58. The number of nitrogens with zero attached hydrogens (tertiary/aromatic N) is 1. The van der Waals surface area contributed by atoms with E-state index in [1.54, 1.807) is 18.2 Å². The van der Waals surface area contributed by atoms with Crippen molar-refractivity contribution in [1.82, 2.24) is 4.98 Å². The molecule has 0 aliphatic carbocycles. The van der Waals surface area contributed by atoms with Crippen molar-refractivity contribution < 1.29 is 5.11 Å². The summed E-state index contributed by atoms with van der Waals surface area (Å²) in [5.41, 5.74) is 1.67. The van der Waals surface area contributed by atoms with Crippen LogP contribution in [0.3, 0.4) is 0 Å². The Kier molecular flexibility index (Phi) is 4.36. The minimum absolute atomic E-state index is 0.146. The maximum atomic E-state index is 9.12. The van der Waals surface area contributed by atoms with Crippen LogP contribution in [0.4, 0.5) is 0 Å². The van der Waals surface area contributed by atoms with Crippen LogP contribution < -0.4 is 0 Å². The van der Waals surface area contributed by atoms with Crippen molar-refractivity contribution in [3.8, 4) is 11.1 Å². The van der Waals surface area contributed by atoms with Crippen molar-refractivity contribution in [2.45, 2.75) is 6.61 Å². The largest absolute Gasteiger partial charge is 0.392 e. The van der Waals surface area contributed by atoms with Crippen LogP contribution in [0, 0.1) is 0 Å². The van der Waals surface area contributed by atoms with Gasteiger partial charge in [0.25, 0.3) is 0 Å². The number of benzene rings is 1. The van der Waals surface area contributed by atoms with Gasteiger partial charge in [0.05, 0.1) is 21.7 Å². The SMILES string of the molecule is OCc1cnc(Cl)c(-c2c(Cl)ccc(Cl)c2Cl)c1. The van der Waals surface area contributed by atoms with Crippen LogP contribution in [-0.2, 0) is 6.61 Å². The molecule has 1 heterocycles. The van der Waals surface area contributed by atoms with Gasteiger partial charge in [-0.1, -0.05) is 46.4 Å². The molecule has 1 N–H and O–H groups in total. The first-order valence-corrected chi connectivity index (χ1v) is 6.45. The minimum Gasteiger partial charge on any atom is -0.392 e. The fourth-order valence-corrected chi connectivity index (χ4v) is 2.46. The third-order valence-corrected chi connectivity index (χ3v) is 3.81. The molecule has 2 nitrogen and oxygen atoms in total. The van der Waals surface area contributed by atoms with Gasteiger partial charge in [0.2, 0.25) is 0 Å². The van der Waals surface area contributed by atoms with Gasteiger partial charge in [-0.2, -0.15) is 0 Å². The Morgan fingerprint density at radius 3 is 2.39 bits per heavy atom. The Morgan fingerprint density at radius 2 is 1.72 bits per heavy atom. The van der Waals surface area contributed by atoms with E-state index in [0.717, 1.165) is 0 Å². The zero-order chi connectivity index (χ0) is 13.3. The van der Waals surface area contributed by atoms with Gasteiger partial charge in [0.15, 0.2) is 0 Å². The predicted octanol–water partition coefficient (Wildman–Crippen LogP) is 4.85. The highest BCUT2D eigenvalue weighted by Gasteiger charge is 2.15. The monoisotopic (exact) mass is 321 g/mol. The number of rotatable bonds is 2. The second kappa shape index (κ2) is 5.64. The van der Waals surface area contributed by atoms with Gasteiger partial charge in [-0.05, 0) is 23.8 Å². The molecule has 0 radical (unpaired) electrons. The molecule has 2 aromatic rings. The lowest BCUT2D eigenvalue weighted by atomic mass is 10.1. The minimum atomic E-state index is -0.146. The molecule has 0 amide bonds. The molecule has 94 valence electrons. The van der Waals surface area contributed by atoms with Crippen molar-refractivity contribution >= 4 is 46.4 Å². The van der Waals surface area contributed by atoms with E-state index in [0.29, 0.717) is 31.8 Å². The van der Waals surface area contributed by atoms with E-state index in [1.807, 2.05) is 0 Å². The van der Waals surface area contributed by atoms with Crippen molar-refractivity contribution in [3.05, 3.63) is 50.2 Å². The van der Waals surface area contributed by atoms with Gasteiger partial charge < -0.3 is 5.11 Å². The summed E-state index contributed by atoms with van der Waals surface area (Å²) in [4.78, 5) is 3.98. The first kappa shape index (κ1) is 13.9. The van der Waals surface area contributed by atoms with Gasteiger partial charge in [0, 0.05) is 17.3 Å². The zero-order valence-corrected chi connectivity index (χ0v) is 11.9. The molecule has 0 bridgehead atoms. The fourth-order valence-electron chi connectivity index (χ4n) is 1.53. The molecule has 0 atom stereocenters. The number of aromatic nitrogens is 1. The fraction of sp³-hybridized carbons (Fsp3) is 0.0833. The lowest BCUT2D eigenvalue weighted by Crippen LogP contribution is -1.91. The number of aliphatic hydroxyl groups excluding tert-OH is 1. The Morgan fingerprint density at radius 1 is 1.06 bits per heavy atom. The van der Waals surface area contributed by atoms with Gasteiger partial charge >= 0.3 is 0 Å². The molecule has 2 rings (SSSR count). The maximum absolute atomic E-state index is 9.12. The van der Waals surface area contributed by atoms with Crippen molar-refractivity contribution in [3.63, 3.8) is 0 Å². The Labute approximate surface area is 124 Å². The smallest absolute Gasteiger partial charge is 0.136 e. The van der Waals surface area contributed by atoms with Gasteiger partial charge in [-0.25, -0.2) is 4.98 Å². The summed E-state index contributed by atoms with van der Waals surface area (Å²) in [6.07, 6.45) is 1.48. The molecule has 0 saturated heterocycles. The molecule has 6 heteroatoms. The van der Waals surface area contributed by atoms with Crippen LogP contribution in [0.2, 0.25) is 20.2 Å². The van der Waals surface area contributed by atoms with Crippen LogP contribution in [-0.4, -0.2) is 10.1 Å². The lowest BCUT2D eigenvalue weighted by molar-refractivity contribution is 0.281. The highest BCUT2D eigenvalue weighted by Crippen LogP contribution is 2.41. The second-order valence-electron chi connectivity index (χ2n) is 3.56. The molecule has 0 fully saturated rings.